The van der Waals surface area contributed by atoms with Crippen LogP contribution in [0.1, 0.15) is 16.7 Å². The van der Waals surface area contributed by atoms with Gasteiger partial charge in [-0.2, -0.15) is 0 Å². The maximum Gasteiger partial charge on any atom is 0.294 e. The van der Waals surface area contributed by atoms with E-state index in [-0.39, 0.29) is 11.1 Å². The van der Waals surface area contributed by atoms with Crippen LogP contribution < -0.4 is 4.90 Å². The summed E-state index contributed by atoms with van der Waals surface area (Å²) in [6.07, 6.45) is 1.81. The van der Waals surface area contributed by atoms with Crippen LogP contribution in [0.4, 0.5) is 10.5 Å². The molecule has 5 nitrogen and oxygen atoms in total. The first-order chi connectivity index (χ1) is 14.0. The van der Waals surface area contributed by atoms with Gasteiger partial charge in [0.2, 0.25) is 0 Å². The van der Waals surface area contributed by atoms with Gasteiger partial charge in [0, 0.05) is 31.9 Å². The lowest BCUT2D eigenvalue weighted by Gasteiger charge is -2.37. The average Bonchev–Trinajstić information content (AvgIpc) is 2.98. The Labute approximate surface area is 176 Å². The standard InChI is InChI=1S/C23H25N3O2S/c1-17-3-7-19(8-4-17)15-21-22(27)26(23(28)29-21)16-24-11-13-25(14-12-24)20-9-5-18(2)6-10-20/h3-10,15H,11-14,16H2,1-2H3/b21-15+. The predicted molar refractivity (Wildman–Crippen MR) is 119 cm³/mol. The van der Waals surface area contributed by atoms with E-state index in [1.807, 2.05) is 31.2 Å². The van der Waals surface area contributed by atoms with Gasteiger partial charge in [0.05, 0.1) is 11.6 Å². The van der Waals surface area contributed by atoms with E-state index in [0.29, 0.717) is 11.6 Å². The van der Waals surface area contributed by atoms with Crippen LogP contribution >= 0.6 is 11.8 Å². The third-order valence-corrected chi connectivity index (χ3v) is 6.27. The van der Waals surface area contributed by atoms with Crippen molar-refractivity contribution in [2.45, 2.75) is 13.8 Å². The van der Waals surface area contributed by atoms with Crippen LogP contribution in [-0.4, -0.2) is 53.8 Å². The van der Waals surface area contributed by atoms with Gasteiger partial charge in [0.1, 0.15) is 0 Å². The molecule has 6 heteroatoms. The fourth-order valence-electron chi connectivity index (χ4n) is 3.54. The number of carbonyl (C=O) groups excluding carboxylic acids is 2. The van der Waals surface area contributed by atoms with Crippen molar-refractivity contribution in [1.82, 2.24) is 9.80 Å². The summed E-state index contributed by atoms with van der Waals surface area (Å²) >= 11 is 1.03. The minimum Gasteiger partial charge on any atom is -0.369 e. The highest BCUT2D eigenvalue weighted by molar-refractivity contribution is 8.18. The molecule has 0 spiro atoms. The molecule has 0 aromatic heterocycles. The molecule has 0 aliphatic carbocycles. The molecule has 4 rings (SSSR count). The van der Waals surface area contributed by atoms with Crippen molar-refractivity contribution in [3.63, 3.8) is 0 Å². The summed E-state index contributed by atoms with van der Waals surface area (Å²) in [5.41, 5.74) is 4.58. The number of aryl methyl sites for hydroxylation is 2. The van der Waals surface area contributed by atoms with Crippen molar-refractivity contribution in [3.05, 3.63) is 70.1 Å². The topological polar surface area (TPSA) is 43.9 Å². The highest BCUT2D eigenvalue weighted by atomic mass is 32.2. The smallest absolute Gasteiger partial charge is 0.294 e. The number of imide groups is 1. The number of hydrogen-bond acceptors (Lipinski definition) is 5. The number of rotatable bonds is 4. The second-order valence-electron chi connectivity index (χ2n) is 7.60. The minimum absolute atomic E-state index is 0.186. The molecule has 2 amide bonds. The molecule has 2 aromatic rings. The van der Waals surface area contributed by atoms with Crippen LogP contribution in [0, 0.1) is 13.8 Å². The number of carbonyl (C=O) groups is 2. The number of thioether (sulfide) groups is 1. The van der Waals surface area contributed by atoms with Crippen LogP contribution in [0.5, 0.6) is 0 Å². The van der Waals surface area contributed by atoms with Gasteiger partial charge in [0.15, 0.2) is 0 Å². The number of amides is 2. The lowest BCUT2D eigenvalue weighted by molar-refractivity contribution is -0.124. The quantitative estimate of drug-likeness (QED) is 0.714. The molecule has 2 aliphatic heterocycles. The Hall–Kier alpha value is -2.57. The molecular formula is C23H25N3O2S. The van der Waals surface area contributed by atoms with Crippen molar-refractivity contribution >= 4 is 34.7 Å². The highest BCUT2D eigenvalue weighted by Gasteiger charge is 2.36. The van der Waals surface area contributed by atoms with E-state index in [1.54, 1.807) is 6.08 Å². The van der Waals surface area contributed by atoms with Gasteiger partial charge in [-0.1, -0.05) is 47.5 Å². The number of benzene rings is 2. The molecular weight excluding hydrogens is 382 g/mol. The summed E-state index contributed by atoms with van der Waals surface area (Å²) in [7, 11) is 0. The summed E-state index contributed by atoms with van der Waals surface area (Å²) in [5, 5.41) is -0.186. The fraction of sp³-hybridized carbons (Fsp3) is 0.304. The summed E-state index contributed by atoms with van der Waals surface area (Å²) in [5.74, 6) is -0.193. The van der Waals surface area contributed by atoms with Crippen LogP contribution in [0.25, 0.3) is 6.08 Å². The monoisotopic (exact) mass is 407 g/mol. The molecule has 2 fully saturated rings. The second kappa shape index (κ2) is 8.43. The van der Waals surface area contributed by atoms with Crippen molar-refractivity contribution in [3.8, 4) is 0 Å². The highest BCUT2D eigenvalue weighted by Crippen LogP contribution is 2.32. The molecule has 150 valence electrons. The molecule has 0 unspecified atom stereocenters. The zero-order valence-corrected chi connectivity index (χ0v) is 17.6. The van der Waals surface area contributed by atoms with Crippen molar-refractivity contribution in [2.24, 2.45) is 0 Å². The van der Waals surface area contributed by atoms with E-state index >= 15 is 0 Å². The number of anilines is 1. The number of nitrogens with zero attached hydrogens (tertiary/aromatic N) is 3. The van der Waals surface area contributed by atoms with Gasteiger partial charge in [-0.05, 0) is 49.4 Å². The van der Waals surface area contributed by atoms with Crippen molar-refractivity contribution in [2.75, 3.05) is 37.7 Å². The van der Waals surface area contributed by atoms with Gasteiger partial charge in [0.25, 0.3) is 11.1 Å². The van der Waals surface area contributed by atoms with Crippen LogP contribution in [0.3, 0.4) is 0 Å². The van der Waals surface area contributed by atoms with E-state index in [0.717, 1.165) is 43.5 Å². The van der Waals surface area contributed by atoms with E-state index in [4.69, 9.17) is 0 Å². The lowest BCUT2D eigenvalue weighted by atomic mass is 10.1. The summed E-state index contributed by atoms with van der Waals surface area (Å²) in [6, 6.07) is 16.5. The molecule has 0 atom stereocenters. The molecule has 0 saturated carbocycles. The van der Waals surface area contributed by atoms with Gasteiger partial charge in [-0.15, -0.1) is 0 Å². The van der Waals surface area contributed by atoms with Gasteiger partial charge in [-0.3, -0.25) is 19.4 Å². The lowest BCUT2D eigenvalue weighted by Crippen LogP contribution is -2.50. The van der Waals surface area contributed by atoms with E-state index in [2.05, 4.69) is 41.0 Å². The summed E-state index contributed by atoms with van der Waals surface area (Å²) in [6.45, 7) is 7.90. The molecule has 29 heavy (non-hydrogen) atoms. The van der Waals surface area contributed by atoms with Crippen molar-refractivity contribution in [1.29, 1.82) is 0 Å². The average molecular weight is 408 g/mol. The first-order valence-electron chi connectivity index (χ1n) is 9.85. The first-order valence-corrected chi connectivity index (χ1v) is 10.7. The number of hydrogen-bond donors (Lipinski definition) is 0. The summed E-state index contributed by atoms with van der Waals surface area (Å²) < 4.78 is 0. The zero-order chi connectivity index (χ0) is 20.4. The van der Waals surface area contributed by atoms with Gasteiger partial charge < -0.3 is 4.90 Å². The maximum absolute atomic E-state index is 12.8. The van der Waals surface area contributed by atoms with E-state index in [1.165, 1.54) is 21.7 Å². The minimum atomic E-state index is -0.193. The molecule has 0 bridgehead atoms. The third kappa shape index (κ3) is 4.54. The van der Waals surface area contributed by atoms with Crippen LogP contribution in [-0.2, 0) is 4.79 Å². The number of piperazine rings is 1. The maximum atomic E-state index is 12.8. The van der Waals surface area contributed by atoms with Gasteiger partial charge in [-0.25, -0.2) is 0 Å². The largest absolute Gasteiger partial charge is 0.369 e. The Morgan fingerprint density at radius 2 is 1.45 bits per heavy atom. The molecule has 0 N–H and O–H groups in total. The van der Waals surface area contributed by atoms with Gasteiger partial charge >= 0.3 is 0 Å². The fourth-order valence-corrected chi connectivity index (χ4v) is 4.37. The predicted octanol–water partition coefficient (Wildman–Crippen LogP) is 4.12. The Morgan fingerprint density at radius 3 is 2.07 bits per heavy atom. The molecule has 2 heterocycles. The Balaban J connectivity index is 1.36. The summed E-state index contributed by atoms with van der Waals surface area (Å²) in [4.78, 5) is 31.6. The Morgan fingerprint density at radius 1 is 0.862 bits per heavy atom. The zero-order valence-electron chi connectivity index (χ0n) is 16.8. The molecule has 2 aliphatic rings. The molecule has 0 radical (unpaired) electrons. The van der Waals surface area contributed by atoms with Crippen molar-refractivity contribution < 1.29 is 9.59 Å². The first kappa shape index (κ1) is 19.7. The van der Waals surface area contributed by atoms with E-state index in [9.17, 15) is 9.59 Å². The normalized spacial score (nSPS) is 19.4. The van der Waals surface area contributed by atoms with Crippen LogP contribution in [0.15, 0.2) is 53.4 Å². The van der Waals surface area contributed by atoms with E-state index < -0.39 is 0 Å². The molecule has 2 aromatic carbocycles. The van der Waals surface area contributed by atoms with Crippen LogP contribution in [0.2, 0.25) is 0 Å². The molecule has 2 saturated heterocycles. The third-order valence-electron chi connectivity index (χ3n) is 5.36. The Kier molecular flexibility index (Phi) is 5.74. The SMILES string of the molecule is Cc1ccc(/C=C2/SC(=O)N(CN3CCN(c4ccc(C)cc4)CC3)C2=O)cc1. The Bertz CT molecular complexity index is 930. The second-order valence-corrected chi connectivity index (χ2v) is 8.60.